The van der Waals surface area contributed by atoms with Crippen LogP contribution in [0, 0.1) is 0 Å². The van der Waals surface area contributed by atoms with E-state index in [0.29, 0.717) is 11.5 Å². The topological polar surface area (TPSA) is 102 Å². The number of hydrogen-bond donors (Lipinski definition) is 3. The monoisotopic (exact) mass is 206 g/mol. The fourth-order valence-electron chi connectivity index (χ4n) is 1.12. The van der Waals surface area contributed by atoms with E-state index >= 15 is 0 Å². The number of aryl methyl sites for hydroxylation is 1. The Balaban J connectivity index is 2.10. The van der Waals surface area contributed by atoms with Crippen LogP contribution in [0.3, 0.4) is 0 Å². The number of rotatable bonds is 2. The van der Waals surface area contributed by atoms with Gasteiger partial charge in [0.25, 0.3) is 5.91 Å². The number of nitrogen functional groups attached to an aromatic ring is 1. The number of aromatic nitrogens is 4. The molecule has 7 heteroatoms. The summed E-state index contributed by atoms with van der Waals surface area (Å²) in [6.45, 7) is 0. The lowest BCUT2D eigenvalue weighted by molar-refractivity contribution is 0.102. The molecule has 0 aliphatic rings. The molecule has 7 nitrogen and oxygen atoms in total. The predicted octanol–water partition coefficient (Wildman–Crippen LogP) is -0.0223. The third-order valence-electron chi connectivity index (χ3n) is 1.80. The van der Waals surface area contributed by atoms with E-state index in [1.807, 2.05) is 0 Å². The van der Waals surface area contributed by atoms with Crippen molar-refractivity contribution in [3.63, 3.8) is 0 Å². The number of H-pyrrole nitrogens is 1. The van der Waals surface area contributed by atoms with Crippen molar-refractivity contribution in [2.45, 2.75) is 0 Å². The van der Waals surface area contributed by atoms with E-state index < -0.39 is 0 Å². The smallest absolute Gasteiger partial charge is 0.274 e. The number of aromatic amines is 1. The molecule has 0 aliphatic heterocycles. The van der Waals surface area contributed by atoms with E-state index in [4.69, 9.17) is 5.73 Å². The predicted molar refractivity (Wildman–Crippen MR) is 54.2 cm³/mol. The van der Waals surface area contributed by atoms with Crippen LogP contribution in [0.25, 0.3) is 0 Å². The number of carbonyl (C=O) groups is 1. The number of nitrogens with two attached hydrogens (primary N) is 1. The van der Waals surface area contributed by atoms with Gasteiger partial charge in [0.15, 0.2) is 5.82 Å². The Morgan fingerprint density at radius 1 is 1.67 bits per heavy atom. The van der Waals surface area contributed by atoms with Crippen molar-refractivity contribution in [3.8, 4) is 0 Å². The second kappa shape index (κ2) is 3.45. The molecular formula is C8H10N6O. The number of nitrogens with zero attached hydrogens (tertiary/aromatic N) is 3. The molecule has 0 bridgehead atoms. The highest BCUT2D eigenvalue weighted by Crippen LogP contribution is 2.05. The highest BCUT2D eigenvalue weighted by Gasteiger charge is 2.09. The summed E-state index contributed by atoms with van der Waals surface area (Å²) in [7, 11) is 1.77. The summed E-state index contributed by atoms with van der Waals surface area (Å²) in [5.41, 5.74) is 5.68. The summed E-state index contributed by atoms with van der Waals surface area (Å²) in [5, 5.41) is 12.8. The summed E-state index contributed by atoms with van der Waals surface area (Å²) in [5.74, 6) is 0.440. The Bertz CT molecular complexity index is 485. The maximum absolute atomic E-state index is 11.5. The van der Waals surface area contributed by atoms with E-state index in [2.05, 4.69) is 20.6 Å². The molecule has 2 rings (SSSR count). The first-order valence-electron chi connectivity index (χ1n) is 4.27. The first-order chi connectivity index (χ1) is 7.15. The van der Waals surface area contributed by atoms with Crippen molar-refractivity contribution in [2.75, 3.05) is 11.1 Å². The van der Waals surface area contributed by atoms with E-state index in [1.54, 1.807) is 24.0 Å². The van der Waals surface area contributed by atoms with Gasteiger partial charge in [0.1, 0.15) is 11.5 Å². The van der Waals surface area contributed by atoms with Crippen LogP contribution >= 0.6 is 0 Å². The van der Waals surface area contributed by atoms with Gasteiger partial charge in [-0.15, -0.1) is 0 Å². The van der Waals surface area contributed by atoms with Crippen LogP contribution in [0.1, 0.15) is 10.5 Å². The molecule has 0 fully saturated rings. The van der Waals surface area contributed by atoms with E-state index in [0.717, 1.165) is 0 Å². The minimum absolute atomic E-state index is 0.279. The van der Waals surface area contributed by atoms with Crippen LogP contribution in [0.5, 0.6) is 0 Å². The molecule has 0 aromatic carbocycles. The van der Waals surface area contributed by atoms with Gasteiger partial charge in [-0.1, -0.05) is 0 Å². The van der Waals surface area contributed by atoms with Crippen LogP contribution in [-0.2, 0) is 7.05 Å². The lowest BCUT2D eigenvalue weighted by Crippen LogP contribution is -2.13. The molecule has 2 aromatic rings. The van der Waals surface area contributed by atoms with Gasteiger partial charge < -0.3 is 11.1 Å². The fourth-order valence-corrected chi connectivity index (χ4v) is 1.12. The molecule has 0 saturated heterocycles. The summed E-state index contributed by atoms with van der Waals surface area (Å²) < 4.78 is 1.59. The van der Waals surface area contributed by atoms with Crippen LogP contribution in [0.4, 0.5) is 11.6 Å². The quantitative estimate of drug-likeness (QED) is 0.642. The van der Waals surface area contributed by atoms with Crippen molar-refractivity contribution in [1.82, 2.24) is 20.0 Å². The zero-order valence-corrected chi connectivity index (χ0v) is 8.06. The largest absolute Gasteiger partial charge is 0.382 e. The molecule has 0 radical (unpaired) electrons. The third kappa shape index (κ3) is 1.96. The van der Waals surface area contributed by atoms with Crippen molar-refractivity contribution >= 4 is 17.5 Å². The average Bonchev–Trinajstić information content (AvgIpc) is 2.75. The minimum Gasteiger partial charge on any atom is -0.382 e. The van der Waals surface area contributed by atoms with Gasteiger partial charge in [0.05, 0.1) is 0 Å². The minimum atomic E-state index is -0.321. The summed E-state index contributed by atoms with van der Waals surface area (Å²) in [6.07, 6.45) is 1.73. The molecule has 0 unspecified atom stereocenters. The maximum Gasteiger partial charge on any atom is 0.274 e. The van der Waals surface area contributed by atoms with Crippen molar-refractivity contribution in [3.05, 3.63) is 24.0 Å². The zero-order valence-electron chi connectivity index (χ0n) is 8.06. The van der Waals surface area contributed by atoms with Gasteiger partial charge in [-0.2, -0.15) is 10.2 Å². The highest BCUT2D eigenvalue weighted by atomic mass is 16.2. The fraction of sp³-hybridized carbons (Fsp3) is 0.125. The normalized spacial score (nSPS) is 10.2. The first kappa shape index (κ1) is 9.25. The van der Waals surface area contributed by atoms with Gasteiger partial charge in [-0.05, 0) is 0 Å². The number of carbonyl (C=O) groups excluding carboxylic acids is 1. The summed E-state index contributed by atoms with van der Waals surface area (Å²) in [6, 6.07) is 3.15. The number of hydrogen-bond acceptors (Lipinski definition) is 4. The Morgan fingerprint density at radius 2 is 2.47 bits per heavy atom. The Labute approximate surface area is 85.3 Å². The number of nitrogens with one attached hydrogen (secondary N) is 2. The lowest BCUT2D eigenvalue weighted by atomic mass is 10.4. The molecule has 1 amide bonds. The molecule has 4 N–H and O–H groups in total. The molecule has 2 heterocycles. The molecule has 15 heavy (non-hydrogen) atoms. The highest BCUT2D eigenvalue weighted by molar-refractivity contribution is 6.02. The summed E-state index contributed by atoms with van der Waals surface area (Å²) >= 11 is 0. The van der Waals surface area contributed by atoms with E-state index in [9.17, 15) is 4.79 Å². The van der Waals surface area contributed by atoms with E-state index in [-0.39, 0.29) is 11.7 Å². The zero-order chi connectivity index (χ0) is 10.8. The standard InChI is InChI=1S/C8H10N6O/c1-14-3-2-7(13-14)10-8(15)5-4-6(9)12-11-5/h2-4H,1H3,(H3,9,11,12)(H,10,13,15). The van der Waals surface area contributed by atoms with Crippen molar-refractivity contribution < 1.29 is 4.79 Å². The van der Waals surface area contributed by atoms with Gasteiger partial charge in [0, 0.05) is 25.4 Å². The molecular weight excluding hydrogens is 196 g/mol. The number of amides is 1. The summed E-state index contributed by atoms with van der Waals surface area (Å²) in [4.78, 5) is 11.5. The molecule has 2 aromatic heterocycles. The van der Waals surface area contributed by atoms with Crippen LogP contribution in [-0.4, -0.2) is 25.9 Å². The van der Waals surface area contributed by atoms with Crippen molar-refractivity contribution in [2.24, 2.45) is 7.05 Å². The Morgan fingerprint density at radius 3 is 3.00 bits per heavy atom. The Hall–Kier alpha value is -2.31. The number of anilines is 2. The van der Waals surface area contributed by atoms with Crippen LogP contribution in [0.15, 0.2) is 18.3 Å². The molecule has 0 spiro atoms. The SMILES string of the molecule is Cn1ccc(NC(=O)c2cc(N)n[nH]2)n1. The van der Waals surface area contributed by atoms with E-state index in [1.165, 1.54) is 6.07 Å². The molecule has 0 saturated carbocycles. The maximum atomic E-state index is 11.5. The third-order valence-corrected chi connectivity index (χ3v) is 1.80. The van der Waals surface area contributed by atoms with Crippen LogP contribution < -0.4 is 11.1 Å². The second-order valence-electron chi connectivity index (χ2n) is 3.04. The van der Waals surface area contributed by atoms with Crippen LogP contribution in [0.2, 0.25) is 0 Å². The molecule has 0 atom stereocenters. The molecule has 78 valence electrons. The lowest BCUT2D eigenvalue weighted by Gasteiger charge is -1.97. The second-order valence-corrected chi connectivity index (χ2v) is 3.04. The average molecular weight is 206 g/mol. The van der Waals surface area contributed by atoms with Crippen molar-refractivity contribution in [1.29, 1.82) is 0 Å². The van der Waals surface area contributed by atoms with Gasteiger partial charge >= 0.3 is 0 Å². The van der Waals surface area contributed by atoms with Gasteiger partial charge in [-0.3, -0.25) is 14.6 Å². The van der Waals surface area contributed by atoms with Gasteiger partial charge in [-0.25, -0.2) is 0 Å². The molecule has 0 aliphatic carbocycles. The Kier molecular flexibility index (Phi) is 2.13. The first-order valence-corrected chi connectivity index (χ1v) is 4.27. The van der Waals surface area contributed by atoms with Gasteiger partial charge in [0.2, 0.25) is 0 Å².